The van der Waals surface area contributed by atoms with Crippen LogP contribution in [0.4, 0.5) is 0 Å². The second-order valence-electron chi connectivity index (χ2n) is 4.52. The minimum absolute atomic E-state index is 0.0300. The molecular formula is C14H18ClNO4. The van der Waals surface area contributed by atoms with E-state index in [-0.39, 0.29) is 23.3 Å². The van der Waals surface area contributed by atoms with Crippen LogP contribution in [0.25, 0.3) is 0 Å². The van der Waals surface area contributed by atoms with E-state index in [4.69, 9.17) is 21.4 Å². The van der Waals surface area contributed by atoms with Crippen LogP contribution < -0.4 is 10.1 Å². The number of amides is 1. The number of aromatic carboxylic acids is 1. The van der Waals surface area contributed by atoms with Crippen molar-refractivity contribution >= 4 is 23.5 Å². The van der Waals surface area contributed by atoms with E-state index < -0.39 is 12.1 Å². The summed E-state index contributed by atoms with van der Waals surface area (Å²) in [6, 6.07) is 4.23. The van der Waals surface area contributed by atoms with Crippen molar-refractivity contribution in [3.63, 3.8) is 0 Å². The largest absolute Gasteiger partial charge is 0.480 e. The predicted octanol–water partition coefficient (Wildman–Crippen LogP) is 2.72. The third-order valence-corrected chi connectivity index (χ3v) is 3.08. The molecule has 2 atom stereocenters. The van der Waals surface area contributed by atoms with E-state index in [1.807, 2.05) is 13.8 Å². The number of carboxylic acid groups (broad SMARTS) is 1. The summed E-state index contributed by atoms with van der Waals surface area (Å²) in [5, 5.41) is 12.2. The molecule has 0 spiro atoms. The lowest BCUT2D eigenvalue weighted by Gasteiger charge is -2.18. The second kappa shape index (κ2) is 7.14. The van der Waals surface area contributed by atoms with Crippen LogP contribution in [-0.2, 0) is 4.79 Å². The quantitative estimate of drug-likeness (QED) is 0.847. The Labute approximate surface area is 122 Å². The van der Waals surface area contributed by atoms with Gasteiger partial charge in [0, 0.05) is 11.1 Å². The Morgan fingerprint density at radius 1 is 1.40 bits per heavy atom. The lowest BCUT2D eigenvalue weighted by molar-refractivity contribution is -0.127. The highest BCUT2D eigenvalue weighted by molar-refractivity contribution is 6.30. The van der Waals surface area contributed by atoms with Crippen molar-refractivity contribution < 1.29 is 19.4 Å². The van der Waals surface area contributed by atoms with Gasteiger partial charge in [-0.3, -0.25) is 4.79 Å². The van der Waals surface area contributed by atoms with Gasteiger partial charge in [0.05, 0.1) is 0 Å². The van der Waals surface area contributed by atoms with Crippen LogP contribution in [0.2, 0.25) is 5.02 Å². The average Bonchev–Trinajstić information content (AvgIpc) is 2.38. The van der Waals surface area contributed by atoms with E-state index in [0.717, 1.165) is 6.42 Å². The monoisotopic (exact) mass is 299 g/mol. The maximum Gasteiger partial charge on any atom is 0.339 e. The first kappa shape index (κ1) is 16.3. The van der Waals surface area contributed by atoms with Crippen molar-refractivity contribution in [3.05, 3.63) is 28.8 Å². The number of benzene rings is 1. The summed E-state index contributed by atoms with van der Waals surface area (Å²) in [6.45, 7) is 5.40. The number of carbonyl (C=O) groups excluding carboxylic acids is 1. The van der Waals surface area contributed by atoms with E-state index in [1.54, 1.807) is 6.92 Å². The van der Waals surface area contributed by atoms with Gasteiger partial charge in [-0.1, -0.05) is 18.5 Å². The molecule has 0 aliphatic heterocycles. The molecule has 20 heavy (non-hydrogen) atoms. The van der Waals surface area contributed by atoms with Crippen molar-refractivity contribution in [3.8, 4) is 5.75 Å². The molecule has 0 fully saturated rings. The molecule has 2 N–H and O–H groups in total. The molecule has 0 aliphatic carbocycles. The van der Waals surface area contributed by atoms with Gasteiger partial charge in [0.1, 0.15) is 11.3 Å². The SMILES string of the molecule is CCC(C)NC(=O)C(C)Oc1cc(Cl)ccc1C(=O)O. The number of hydrogen-bond donors (Lipinski definition) is 2. The van der Waals surface area contributed by atoms with Crippen LogP contribution in [0.3, 0.4) is 0 Å². The first-order valence-electron chi connectivity index (χ1n) is 6.35. The lowest BCUT2D eigenvalue weighted by Crippen LogP contribution is -2.41. The summed E-state index contributed by atoms with van der Waals surface area (Å²) >= 11 is 5.82. The van der Waals surface area contributed by atoms with E-state index >= 15 is 0 Å². The van der Waals surface area contributed by atoms with Gasteiger partial charge in [-0.2, -0.15) is 0 Å². The number of carboxylic acids is 1. The van der Waals surface area contributed by atoms with Gasteiger partial charge >= 0.3 is 5.97 Å². The number of nitrogens with one attached hydrogen (secondary N) is 1. The van der Waals surface area contributed by atoms with Crippen molar-refractivity contribution in [1.29, 1.82) is 0 Å². The van der Waals surface area contributed by atoms with Crippen LogP contribution in [0.5, 0.6) is 5.75 Å². The summed E-state index contributed by atoms with van der Waals surface area (Å²) in [5.41, 5.74) is -0.0300. The predicted molar refractivity (Wildman–Crippen MR) is 76.4 cm³/mol. The molecule has 1 amide bonds. The van der Waals surface area contributed by atoms with Gasteiger partial charge in [0.15, 0.2) is 6.10 Å². The molecule has 1 rings (SSSR count). The fraction of sp³-hybridized carbons (Fsp3) is 0.429. The van der Waals surface area contributed by atoms with Gasteiger partial charge in [-0.05, 0) is 38.5 Å². The summed E-state index contributed by atoms with van der Waals surface area (Å²) in [7, 11) is 0. The molecular weight excluding hydrogens is 282 g/mol. The molecule has 2 unspecified atom stereocenters. The zero-order valence-corrected chi connectivity index (χ0v) is 12.4. The Morgan fingerprint density at radius 2 is 2.05 bits per heavy atom. The summed E-state index contributed by atoms with van der Waals surface area (Å²) < 4.78 is 5.42. The fourth-order valence-electron chi connectivity index (χ4n) is 1.48. The third kappa shape index (κ3) is 4.42. The number of rotatable bonds is 6. The Hall–Kier alpha value is -1.75. The highest BCUT2D eigenvalue weighted by Crippen LogP contribution is 2.24. The molecule has 0 saturated heterocycles. The molecule has 0 radical (unpaired) electrons. The summed E-state index contributed by atoms with van der Waals surface area (Å²) in [6.07, 6.45) is -0.00344. The first-order chi connectivity index (χ1) is 9.35. The minimum atomic E-state index is -1.13. The standard InChI is InChI=1S/C14H18ClNO4/c1-4-8(2)16-13(17)9(3)20-12-7-10(15)5-6-11(12)14(18)19/h5-9H,4H2,1-3H3,(H,16,17)(H,18,19). The van der Waals surface area contributed by atoms with Crippen molar-refractivity contribution in [1.82, 2.24) is 5.32 Å². The molecule has 0 saturated carbocycles. The van der Waals surface area contributed by atoms with Crippen molar-refractivity contribution in [2.45, 2.75) is 39.3 Å². The minimum Gasteiger partial charge on any atom is -0.480 e. The number of ether oxygens (including phenoxy) is 1. The Bertz CT molecular complexity index is 504. The third-order valence-electron chi connectivity index (χ3n) is 2.85. The van der Waals surface area contributed by atoms with Gasteiger partial charge in [0.25, 0.3) is 5.91 Å². The van der Waals surface area contributed by atoms with Crippen LogP contribution in [0.1, 0.15) is 37.6 Å². The molecule has 6 heteroatoms. The van der Waals surface area contributed by atoms with Crippen LogP contribution in [-0.4, -0.2) is 29.1 Å². The normalized spacial score (nSPS) is 13.4. The fourth-order valence-corrected chi connectivity index (χ4v) is 1.64. The highest BCUT2D eigenvalue weighted by Gasteiger charge is 2.20. The van der Waals surface area contributed by atoms with Gasteiger partial charge in [0.2, 0.25) is 0 Å². The van der Waals surface area contributed by atoms with Gasteiger partial charge in [-0.15, -0.1) is 0 Å². The van der Waals surface area contributed by atoms with E-state index in [0.29, 0.717) is 5.02 Å². The zero-order chi connectivity index (χ0) is 15.3. The Kier molecular flexibility index (Phi) is 5.82. The molecule has 110 valence electrons. The van der Waals surface area contributed by atoms with E-state index in [9.17, 15) is 9.59 Å². The second-order valence-corrected chi connectivity index (χ2v) is 4.96. The van der Waals surface area contributed by atoms with E-state index in [1.165, 1.54) is 18.2 Å². The van der Waals surface area contributed by atoms with Crippen LogP contribution >= 0.6 is 11.6 Å². The van der Waals surface area contributed by atoms with E-state index in [2.05, 4.69) is 5.32 Å². The number of halogens is 1. The van der Waals surface area contributed by atoms with Crippen LogP contribution in [0.15, 0.2) is 18.2 Å². The van der Waals surface area contributed by atoms with Crippen molar-refractivity contribution in [2.75, 3.05) is 0 Å². The molecule has 0 heterocycles. The molecule has 5 nitrogen and oxygen atoms in total. The Morgan fingerprint density at radius 3 is 2.60 bits per heavy atom. The maximum atomic E-state index is 11.9. The average molecular weight is 300 g/mol. The molecule has 1 aromatic rings. The smallest absolute Gasteiger partial charge is 0.339 e. The topological polar surface area (TPSA) is 75.6 Å². The number of carbonyl (C=O) groups is 2. The lowest BCUT2D eigenvalue weighted by atomic mass is 10.2. The summed E-state index contributed by atoms with van der Waals surface area (Å²) in [5.74, 6) is -1.35. The first-order valence-corrected chi connectivity index (χ1v) is 6.72. The molecule has 0 aliphatic rings. The highest BCUT2D eigenvalue weighted by atomic mass is 35.5. The Balaban J connectivity index is 2.84. The maximum absolute atomic E-state index is 11.9. The van der Waals surface area contributed by atoms with Crippen molar-refractivity contribution in [2.24, 2.45) is 0 Å². The van der Waals surface area contributed by atoms with Gasteiger partial charge in [-0.25, -0.2) is 4.79 Å². The molecule has 0 aromatic heterocycles. The number of hydrogen-bond acceptors (Lipinski definition) is 3. The van der Waals surface area contributed by atoms with Gasteiger partial charge < -0.3 is 15.2 Å². The zero-order valence-electron chi connectivity index (χ0n) is 11.6. The molecule has 1 aromatic carbocycles. The van der Waals surface area contributed by atoms with Crippen LogP contribution in [0, 0.1) is 0 Å². The molecule has 0 bridgehead atoms. The summed E-state index contributed by atoms with van der Waals surface area (Å²) in [4.78, 5) is 23.0.